The van der Waals surface area contributed by atoms with Crippen LogP contribution in [0.3, 0.4) is 0 Å². The fourth-order valence-electron chi connectivity index (χ4n) is 3.44. The van der Waals surface area contributed by atoms with Crippen molar-refractivity contribution in [1.29, 1.82) is 0 Å². The molecule has 0 saturated carbocycles. The Kier molecular flexibility index (Phi) is 6.53. The first-order valence-electron chi connectivity index (χ1n) is 9.44. The fourth-order valence-corrected chi connectivity index (χ4v) is 3.61. The predicted molar refractivity (Wildman–Crippen MR) is 117 cm³/mol. The molecule has 5 N–H and O–H groups in total. The van der Waals surface area contributed by atoms with Crippen LogP contribution in [0.4, 0.5) is 5.69 Å². The van der Waals surface area contributed by atoms with Gasteiger partial charge in [0.25, 0.3) is 11.8 Å². The molecule has 10 heteroatoms. The quantitative estimate of drug-likeness (QED) is 0.290. The second-order valence-corrected chi connectivity index (χ2v) is 7.38. The van der Waals surface area contributed by atoms with Crippen molar-refractivity contribution >= 4 is 40.8 Å². The average Bonchev–Trinajstić information content (AvgIpc) is 3.16. The molecule has 0 bridgehead atoms. The van der Waals surface area contributed by atoms with Gasteiger partial charge in [0.15, 0.2) is 0 Å². The normalized spacial score (nSPS) is 13.9. The summed E-state index contributed by atoms with van der Waals surface area (Å²) < 4.78 is 0. The van der Waals surface area contributed by atoms with E-state index in [9.17, 15) is 14.5 Å². The maximum absolute atomic E-state index is 12.7. The molecular formula is C20H23ClN6O3. The maximum Gasteiger partial charge on any atom is 0.256 e. The number of rotatable bonds is 8. The molecule has 1 aromatic heterocycles. The van der Waals surface area contributed by atoms with Gasteiger partial charge in [-0.15, -0.1) is 4.91 Å². The molecule has 0 fully saturated rings. The van der Waals surface area contributed by atoms with E-state index in [-0.39, 0.29) is 24.9 Å². The number of amides is 2. The van der Waals surface area contributed by atoms with E-state index in [1.807, 2.05) is 6.92 Å². The highest BCUT2D eigenvalue weighted by molar-refractivity contribution is 6.36. The van der Waals surface area contributed by atoms with Gasteiger partial charge in [0.05, 0.1) is 29.5 Å². The van der Waals surface area contributed by atoms with Crippen LogP contribution < -0.4 is 16.4 Å². The number of nitrogens with two attached hydrogens (primary N) is 1. The Hall–Kier alpha value is -3.17. The number of H-pyrrole nitrogens is 1. The number of fused-ring (bicyclic) bond motifs is 1. The zero-order valence-corrected chi connectivity index (χ0v) is 17.5. The van der Waals surface area contributed by atoms with Gasteiger partial charge in [0.2, 0.25) is 0 Å². The summed E-state index contributed by atoms with van der Waals surface area (Å²) in [6, 6.07) is 5.20. The number of hydrogen-bond donors (Lipinski definition) is 4. The molecule has 1 aromatic carbocycles. The SMILES string of the molecule is Cc1[nH]c(/C=C2\C(=O)Nc3ccc(Cl)cc32)c(C)c1C(=O)NCCN(CCN)N=O. The number of nitroso groups, excluding NO2 is 1. The highest BCUT2D eigenvalue weighted by atomic mass is 35.5. The Labute approximate surface area is 178 Å². The highest BCUT2D eigenvalue weighted by Crippen LogP contribution is 2.35. The Morgan fingerprint density at radius 3 is 2.80 bits per heavy atom. The third kappa shape index (κ3) is 4.37. The van der Waals surface area contributed by atoms with Crippen molar-refractivity contribution in [2.75, 3.05) is 31.5 Å². The summed E-state index contributed by atoms with van der Waals surface area (Å²) in [5, 5.41) is 10.2. The van der Waals surface area contributed by atoms with Gasteiger partial charge in [-0.25, -0.2) is 0 Å². The summed E-state index contributed by atoms with van der Waals surface area (Å²) in [5.74, 6) is -0.505. The van der Waals surface area contributed by atoms with Crippen LogP contribution in [0.2, 0.25) is 5.02 Å². The molecule has 0 unspecified atom stereocenters. The van der Waals surface area contributed by atoms with Crippen LogP contribution in [0, 0.1) is 18.8 Å². The maximum atomic E-state index is 12.7. The number of hydrogen-bond acceptors (Lipinski definition) is 5. The molecule has 2 amide bonds. The van der Waals surface area contributed by atoms with Gasteiger partial charge < -0.3 is 21.4 Å². The molecule has 30 heavy (non-hydrogen) atoms. The highest BCUT2D eigenvalue weighted by Gasteiger charge is 2.25. The number of nitrogens with zero attached hydrogens (tertiary/aromatic N) is 2. The Balaban J connectivity index is 1.80. The molecule has 1 aliphatic rings. The van der Waals surface area contributed by atoms with Crippen LogP contribution in [-0.4, -0.2) is 48.0 Å². The fraction of sp³-hybridized carbons (Fsp3) is 0.300. The topological polar surface area (TPSA) is 133 Å². The average molecular weight is 431 g/mol. The smallest absolute Gasteiger partial charge is 0.256 e. The monoisotopic (exact) mass is 430 g/mol. The summed E-state index contributed by atoms with van der Waals surface area (Å²) >= 11 is 6.08. The third-order valence-electron chi connectivity index (χ3n) is 4.91. The van der Waals surface area contributed by atoms with Crippen LogP contribution in [0.5, 0.6) is 0 Å². The van der Waals surface area contributed by atoms with Gasteiger partial charge in [-0.3, -0.25) is 14.6 Å². The van der Waals surface area contributed by atoms with E-state index in [4.69, 9.17) is 17.3 Å². The lowest BCUT2D eigenvalue weighted by molar-refractivity contribution is -0.110. The molecule has 9 nitrogen and oxygen atoms in total. The number of aromatic amines is 1. The molecule has 158 valence electrons. The summed E-state index contributed by atoms with van der Waals surface area (Å²) in [7, 11) is 0. The summed E-state index contributed by atoms with van der Waals surface area (Å²) in [5.41, 5.74) is 9.84. The van der Waals surface area contributed by atoms with Crippen molar-refractivity contribution in [3.8, 4) is 0 Å². The van der Waals surface area contributed by atoms with Gasteiger partial charge in [-0.1, -0.05) is 11.6 Å². The molecule has 0 saturated heterocycles. The standard InChI is InChI=1S/C20H23ClN6O3/c1-11-17(10-15-14-9-13(21)3-4-16(14)25-19(15)28)24-12(2)18(11)20(29)23-6-8-27(26-30)7-5-22/h3-4,9-10,24H,5-8,22H2,1-2H3,(H,23,29)(H,25,28)/b15-10-. The zero-order valence-electron chi connectivity index (χ0n) is 16.7. The lowest BCUT2D eigenvalue weighted by Crippen LogP contribution is -2.34. The van der Waals surface area contributed by atoms with Gasteiger partial charge >= 0.3 is 0 Å². The first-order valence-corrected chi connectivity index (χ1v) is 9.82. The molecule has 3 rings (SSSR count). The van der Waals surface area contributed by atoms with Crippen molar-refractivity contribution in [2.45, 2.75) is 13.8 Å². The predicted octanol–water partition coefficient (Wildman–Crippen LogP) is 2.45. The van der Waals surface area contributed by atoms with E-state index >= 15 is 0 Å². The number of carbonyl (C=O) groups excluding carboxylic acids is 2. The minimum atomic E-state index is -0.274. The van der Waals surface area contributed by atoms with Crippen molar-refractivity contribution in [3.05, 3.63) is 56.2 Å². The van der Waals surface area contributed by atoms with Crippen LogP contribution in [0.1, 0.15) is 32.9 Å². The second kappa shape index (κ2) is 9.10. The van der Waals surface area contributed by atoms with Crippen LogP contribution in [0.15, 0.2) is 23.5 Å². The van der Waals surface area contributed by atoms with E-state index in [1.54, 1.807) is 31.2 Å². The Bertz CT molecular complexity index is 1030. The molecule has 2 aromatic rings. The van der Waals surface area contributed by atoms with E-state index in [2.05, 4.69) is 20.9 Å². The van der Waals surface area contributed by atoms with Crippen LogP contribution >= 0.6 is 11.6 Å². The van der Waals surface area contributed by atoms with E-state index in [0.717, 1.165) is 0 Å². The van der Waals surface area contributed by atoms with Gasteiger partial charge in [-0.2, -0.15) is 0 Å². The third-order valence-corrected chi connectivity index (χ3v) is 5.15. The summed E-state index contributed by atoms with van der Waals surface area (Å²) in [4.78, 5) is 39.0. The molecule has 0 atom stereocenters. The number of halogens is 1. The molecule has 0 radical (unpaired) electrons. The van der Waals surface area contributed by atoms with Gasteiger partial charge in [0, 0.05) is 40.8 Å². The first kappa shape index (κ1) is 21.5. The number of aromatic nitrogens is 1. The Morgan fingerprint density at radius 2 is 2.10 bits per heavy atom. The summed E-state index contributed by atoms with van der Waals surface area (Å²) in [6.45, 7) is 4.74. The minimum Gasteiger partial charge on any atom is -0.358 e. The number of anilines is 1. The van der Waals surface area contributed by atoms with Crippen LogP contribution in [-0.2, 0) is 4.79 Å². The van der Waals surface area contributed by atoms with Gasteiger partial charge in [0.1, 0.15) is 0 Å². The number of carbonyl (C=O) groups is 2. The van der Waals surface area contributed by atoms with Crippen molar-refractivity contribution < 1.29 is 9.59 Å². The minimum absolute atomic E-state index is 0.230. The first-order chi connectivity index (χ1) is 14.3. The largest absolute Gasteiger partial charge is 0.358 e. The summed E-state index contributed by atoms with van der Waals surface area (Å²) in [6.07, 6.45) is 1.72. The molecule has 2 heterocycles. The van der Waals surface area contributed by atoms with Crippen molar-refractivity contribution in [2.24, 2.45) is 11.0 Å². The lowest BCUT2D eigenvalue weighted by atomic mass is 10.0. The number of benzene rings is 1. The molecule has 0 aliphatic carbocycles. The Morgan fingerprint density at radius 1 is 1.33 bits per heavy atom. The van der Waals surface area contributed by atoms with Crippen molar-refractivity contribution in [3.63, 3.8) is 0 Å². The zero-order chi connectivity index (χ0) is 21.8. The molecule has 0 spiro atoms. The second-order valence-electron chi connectivity index (χ2n) is 6.95. The molecular weight excluding hydrogens is 408 g/mol. The van der Waals surface area contributed by atoms with E-state index in [0.29, 0.717) is 57.5 Å². The van der Waals surface area contributed by atoms with Crippen molar-refractivity contribution in [1.82, 2.24) is 15.3 Å². The van der Waals surface area contributed by atoms with E-state index < -0.39 is 0 Å². The lowest BCUT2D eigenvalue weighted by Gasteiger charge is -2.14. The number of nitrogens with one attached hydrogen (secondary N) is 3. The van der Waals surface area contributed by atoms with E-state index in [1.165, 1.54) is 5.01 Å². The number of aryl methyl sites for hydroxylation is 1. The van der Waals surface area contributed by atoms with Crippen LogP contribution in [0.25, 0.3) is 11.6 Å². The molecule has 1 aliphatic heterocycles. The van der Waals surface area contributed by atoms with Gasteiger partial charge in [-0.05, 0) is 43.7 Å².